The van der Waals surface area contributed by atoms with E-state index in [4.69, 9.17) is 4.74 Å². The highest BCUT2D eigenvalue weighted by atomic mass is 32.2. The van der Waals surface area contributed by atoms with Gasteiger partial charge >= 0.3 is 0 Å². The van der Waals surface area contributed by atoms with E-state index in [9.17, 15) is 8.42 Å². The van der Waals surface area contributed by atoms with E-state index < -0.39 is 10.0 Å². The number of rotatable bonds is 8. The molecule has 30 heavy (non-hydrogen) atoms. The number of nitrogens with zero attached hydrogens (tertiary/aromatic N) is 2. The van der Waals surface area contributed by atoms with Crippen molar-refractivity contribution in [1.29, 1.82) is 0 Å². The minimum absolute atomic E-state index is 0.0383. The van der Waals surface area contributed by atoms with Crippen LogP contribution in [0.1, 0.15) is 31.4 Å². The number of anilines is 1. The van der Waals surface area contributed by atoms with Crippen LogP contribution >= 0.6 is 0 Å². The Morgan fingerprint density at radius 1 is 1.03 bits per heavy atom. The number of benzene rings is 2. The number of hydrogen-bond donors (Lipinski definition) is 0. The second-order valence-electron chi connectivity index (χ2n) is 9.25. The third kappa shape index (κ3) is 4.88. The predicted octanol–water partition coefficient (Wildman–Crippen LogP) is 3.90. The molecule has 0 amide bonds. The SMILES string of the molecule is CC(C)CN(Cc1ccc(N2CC3(CCOC3)C2)cc1)S(=O)(=O)Cc1ccccc1. The summed E-state index contributed by atoms with van der Waals surface area (Å²) in [6.07, 6.45) is 1.16. The van der Waals surface area contributed by atoms with E-state index in [0.29, 0.717) is 18.5 Å². The molecule has 1 spiro atoms. The molecule has 2 saturated heterocycles. The largest absolute Gasteiger partial charge is 0.381 e. The van der Waals surface area contributed by atoms with Gasteiger partial charge < -0.3 is 9.64 Å². The van der Waals surface area contributed by atoms with Crippen LogP contribution < -0.4 is 4.90 Å². The van der Waals surface area contributed by atoms with Crippen molar-refractivity contribution in [2.45, 2.75) is 32.6 Å². The molecule has 2 aromatic rings. The van der Waals surface area contributed by atoms with Gasteiger partial charge in [-0.05, 0) is 35.6 Å². The molecule has 0 aliphatic carbocycles. The summed E-state index contributed by atoms with van der Waals surface area (Å²) in [5.74, 6) is 0.303. The Hall–Kier alpha value is -1.89. The molecule has 0 unspecified atom stereocenters. The Morgan fingerprint density at radius 3 is 2.33 bits per heavy atom. The molecule has 2 fully saturated rings. The molecule has 0 bridgehead atoms. The molecule has 4 rings (SSSR count). The highest BCUT2D eigenvalue weighted by Gasteiger charge is 2.45. The normalized spacial score (nSPS) is 18.3. The molecule has 0 radical (unpaired) electrons. The minimum Gasteiger partial charge on any atom is -0.381 e. The average molecular weight is 429 g/mol. The van der Waals surface area contributed by atoms with E-state index in [0.717, 1.165) is 43.9 Å². The maximum absolute atomic E-state index is 13.1. The van der Waals surface area contributed by atoms with Gasteiger partial charge in [-0.15, -0.1) is 0 Å². The van der Waals surface area contributed by atoms with Crippen molar-refractivity contribution >= 4 is 15.7 Å². The van der Waals surface area contributed by atoms with Crippen LogP contribution in [0.4, 0.5) is 5.69 Å². The molecule has 6 heteroatoms. The maximum atomic E-state index is 13.1. The quantitative estimate of drug-likeness (QED) is 0.640. The summed E-state index contributed by atoms with van der Waals surface area (Å²) in [6.45, 7) is 8.91. The van der Waals surface area contributed by atoms with E-state index in [-0.39, 0.29) is 11.7 Å². The van der Waals surface area contributed by atoms with Crippen LogP contribution in [0.25, 0.3) is 0 Å². The van der Waals surface area contributed by atoms with Gasteiger partial charge in [-0.3, -0.25) is 0 Å². The van der Waals surface area contributed by atoms with Crippen LogP contribution in [0.3, 0.4) is 0 Å². The lowest BCUT2D eigenvalue weighted by Crippen LogP contribution is -2.56. The van der Waals surface area contributed by atoms with Crippen molar-refractivity contribution in [2.24, 2.45) is 11.3 Å². The van der Waals surface area contributed by atoms with E-state index in [1.54, 1.807) is 4.31 Å². The first-order valence-electron chi connectivity index (χ1n) is 10.8. The van der Waals surface area contributed by atoms with Gasteiger partial charge in [0.1, 0.15) is 0 Å². The van der Waals surface area contributed by atoms with Crippen molar-refractivity contribution < 1.29 is 13.2 Å². The zero-order valence-corrected chi connectivity index (χ0v) is 18.8. The highest BCUT2D eigenvalue weighted by molar-refractivity contribution is 7.88. The topological polar surface area (TPSA) is 49.9 Å². The molecular weight excluding hydrogens is 396 g/mol. The van der Waals surface area contributed by atoms with Gasteiger partial charge in [-0.25, -0.2) is 8.42 Å². The second kappa shape index (κ2) is 8.69. The third-order valence-electron chi connectivity index (χ3n) is 6.05. The first-order chi connectivity index (χ1) is 14.4. The summed E-state index contributed by atoms with van der Waals surface area (Å²) in [4.78, 5) is 2.39. The smallest absolute Gasteiger partial charge is 0.218 e. The Bertz CT molecular complexity index is 928. The summed E-state index contributed by atoms with van der Waals surface area (Å²) in [7, 11) is -3.39. The first kappa shape index (κ1) is 21.3. The van der Waals surface area contributed by atoms with Gasteiger partial charge in [-0.1, -0.05) is 56.3 Å². The molecule has 0 aromatic heterocycles. The monoisotopic (exact) mass is 428 g/mol. The minimum atomic E-state index is -3.39. The highest BCUT2D eigenvalue weighted by Crippen LogP contribution is 2.40. The van der Waals surface area contributed by atoms with Crippen LogP contribution in [-0.2, 0) is 27.1 Å². The molecule has 2 aliphatic rings. The summed E-state index contributed by atoms with van der Waals surface area (Å²) in [6, 6.07) is 17.8. The Kier molecular flexibility index (Phi) is 6.19. The Morgan fingerprint density at radius 2 is 1.73 bits per heavy atom. The molecule has 0 saturated carbocycles. The van der Waals surface area contributed by atoms with Gasteiger partial charge in [0.25, 0.3) is 0 Å². The summed E-state index contributed by atoms with van der Waals surface area (Å²) >= 11 is 0. The lowest BCUT2D eigenvalue weighted by Gasteiger charge is -2.48. The van der Waals surface area contributed by atoms with Crippen molar-refractivity contribution in [2.75, 3.05) is 37.7 Å². The van der Waals surface area contributed by atoms with Gasteiger partial charge in [0.15, 0.2) is 0 Å². The van der Waals surface area contributed by atoms with E-state index in [2.05, 4.69) is 43.0 Å². The third-order valence-corrected chi connectivity index (χ3v) is 7.82. The fraction of sp³-hybridized carbons (Fsp3) is 0.500. The van der Waals surface area contributed by atoms with Crippen LogP contribution in [-0.4, -0.2) is 45.6 Å². The molecule has 0 N–H and O–H groups in total. The Labute approximate surface area is 180 Å². The molecule has 2 heterocycles. The lowest BCUT2D eigenvalue weighted by molar-refractivity contribution is 0.131. The molecule has 0 atom stereocenters. The fourth-order valence-corrected chi connectivity index (χ4v) is 6.09. The number of sulfonamides is 1. The lowest BCUT2D eigenvalue weighted by atomic mass is 9.79. The summed E-state index contributed by atoms with van der Waals surface area (Å²) < 4.78 is 33.4. The van der Waals surface area contributed by atoms with Crippen LogP contribution in [0.5, 0.6) is 0 Å². The van der Waals surface area contributed by atoms with Crippen LogP contribution in [0, 0.1) is 11.3 Å². The van der Waals surface area contributed by atoms with E-state index in [1.165, 1.54) is 5.69 Å². The van der Waals surface area contributed by atoms with E-state index >= 15 is 0 Å². The predicted molar refractivity (Wildman–Crippen MR) is 121 cm³/mol. The fourth-order valence-electron chi connectivity index (χ4n) is 4.42. The average Bonchev–Trinajstić information content (AvgIpc) is 3.17. The molecule has 2 aliphatic heterocycles. The van der Waals surface area contributed by atoms with Crippen molar-refractivity contribution in [3.8, 4) is 0 Å². The van der Waals surface area contributed by atoms with Gasteiger partial charge in [0, 0.05) is 43.9 Å². The van der Waals surface area contributed by atoms with Crippen LogP contribution in [0.15, 0.2) is 54.6 Å². The van der Waals surface area contributed by atoms with Gasteiger partial charge in [0.2, 0.25) is 10.0 Å². The van der Waals surface area contributed by atoms with E-state index in [1.807, 2.05) is 30.3 Å². The number of hydrogen-bond acceptors (Lipinski definition) is 4. The molecule has 162 valence electrons. The maximum Gasteiger partial charge on any atom is 0.218 e. The zero-order chi connectivity index (χ0) is 21.2. The standard InChI is InChI=1S/C24H32N2O3S/c1-20(2)14-26(30(27,28)16-22-6-4-3-5-7-22)15-21-8-10-23(11-9-21)25-17-24(18-25)12-13-29-19-24/h3-11,20H,12-19H2,1-2H3. The van der Waals surface area contributed by atoms with Gasteiger partial charge in [0.05, 0.1) is 12.4 Å². The zero-order valence-electron chi connectivity index (χ0n) is 18.0. The first-order valence-corrected chi connectivity index (χ1v) is 12.4. The number of ether oxygens (including phenoxy) is 1. The van der Waals surface area contributed by atoms with Crippen molar-refractivity contribution in [3.63, 3.8) is 0 Å². The molecule has 2 aromatic carbocycles. The van der Waals surface area contributed by atoms with Gasteiger partial charge in [-0.2, -0.15) is 4.31 Å². The Balaban J connectivity index is 1.43. The summed E-state index contributed by atoms with van der Waals surface area (Å²) in [5.41, 5.74) is 3.41. The molecule has 5 nitrogen and oxygen atoms in total. The molecular formula is C24H32N2O3S. The van der Waals surface area contributed by atoms with Crippen molar-refractivity contribution in [3.05, 3.63) is 65.7 Å². The van der Waals surface area contributed by atoms with Crippen LogP contribution in [0.2, 0.25) is 0 Å². The van der Waals surface area contributed by atoms with Crippen molar-refractivity contribution in [1.82, 2.24) is 4.31 Å². The summed E-state index contributed by atoms with van der Waals surface area (Å²) in [5, 5.41) is 0. The second-order valence-corrected chi connectivity index (χ2v) is 11.2.